The molecule has 3 aromatic rings. The monoisotopic (exact) mass is 545 g/mol. The van der Waals surface area contributed by atoms with Gasteiger partial charge in [-0.2, -0.15) is 0 Å². The molecule has 0 aliphatic carbocycles. The molecule has 0 unspecified atom stereocenters. The number of aliphatic hydroxyl groups is 1. The Morgan fingerprint density at radius 1 is 1.05 bits per heavy atom. The van der Waals surface area contributed by atoms with Gasteiger partial charge in [0.05, 0.1) is 16.8 Å². The van der Waals surface area contributed by atoms with Crippen LogP contribution in [0.5, 0.6) is 11.5 Å². The number of benzene rings is 3. The molecule has 10 heteroatoms. The fourth-order valence-electron chi connectivity index (χ4n) is 3.85. The quantitative estimate of drug-likeness (QED) is 0.155. The number of halogens is 2. The number of aliphatic hydroxyl groups excluding tert-OH is 1. The Labute approximate surface area is 225 Å². The van der Waals surface area contributed by atoms with Crippen molar-refractivity contribution in [3.05, 3.63) is 86.9 Å². The molecule has 0 saturated carbocycles. The molecule has 0 aromatic heterocycles. The first-order chi connectivity index (χ1) is 17.5. The predicted molar refractivity (Wildman–Crippen MR) is 144 cm³/mol. The Bertz CT molecular complexity index is 1280. The summed E-state index contributed by atoms with van der Waals surface area (Å²) in [6, 6.07) is 14.7. The molecule has 0 bridgehead atoms. The first-order valence-corrected chi connectivity index (χ1v) is 12.3. The molecule has 0 saturated heterocycles. The standard InChI is InChI=1S/C27H29Cl2N3O5/c1-27(2,32-14-24(35)17-6-9-23(34)22(11-17)31-15-33)12-16-4-3-5-18(10-16)26(37)30-13-19-20(28)7-8-21(29)25(19)36/h3-11,15,24,32,34-36H,12-14H2,1-2H3,(H,30,37)(H,31,33)/t24-/m0/s1. The van der Waals surface area contributed by atoms with Crippen LogP contribution in [0.15, 0.2) is 54.6 Å². The van der Waals surface area contributed by atoms with E-state index in [4.69, 9.17) is 23.2 Å². The Hall–Kier alpha value is -3.30. The summed E-state index contributed by atoms with van der Waals surface area (Å²) >= 11 is 12.1. The van der Waals surface area contributed by atoms with Gasteiger partial charge in [-0.3, -0.25) is 9.59 Å². The topological polar surface area (TPSA) is 131 Å². The molecule has 8 nitrogen and oxygen atoms in total. The van der Waals surface area contributed by atoms with Gasteiger partial charge in [-0.15, -0.1) is 0 Å². The third-order valence-corrected chi connectivity index (χ3v) is 6.49. The molecule has 3 aromatic carbocycles. The lowest BCUT2D eigenvalue weighted by molar-refractivity contribution is -0.105. The van der Waals surface area contributed by atoms with Gasteiger partial charge >= 0.3 is 0 Å². The molecule has 37 heavy (non-hydrogen) atoms. The van der Waals surface area contributed by atoms with Crippen molar-refractivity contribution in [2.45, 2.75) is 38.5 Å². The summed E-state index contributed by atoms with van der Waals surface area (Å²) in [5, 5.41) is 39.5. The van der Waals surface area contributed by atoms with Crippen LogP contribution < -0.4 is 16.0 Å². The number of rotatable bonds is 11. The van der Waals surface area contributed by atoms with Crippen LogP contribution >= 0.6 is 23.2 Å². The van der Waals surface area contributed by atoms with E-state index in [-0.39, 0.29) is 41.2 Å². The van der Waals surface area contributed by atoms with Crippen LogP contribution in [0.25, 0.3) is 0 Å². The fraction of sp³-hybridized carbons (Fsp3) is 0.259. The summed E-state index contributed by atoms with van der Waals surface area (Å²) in [5.74, 6) is -0.583. The highest BCUT2D eigenvalue weighted by molar-refractivity contribution is 6.34. The number of carbonyl (C=O) groups is 2. The van der Waals surface area contributed by atoms with E-state index in [0.29, 0.717) is 34.5 Å². The molecule has 1 atom stereocenters. The molecule has 2 amide bonds. The predicted octanol–water partition coefficient (Wildman–Crippen LogP) is 4.55. The van der Waals surface area contributed by atoms with Crippen molar-refractivity contribution >= 4 is 41.2 Å². The maximum Gasteiger partial charge on any atom is 0.251 e. The SMILES string of the molecule is CC(C)(Cc1cccc(C(=O)NCc2c(Cl)ccc(Cl)c2O)c1)NC[C@H](O)c1ccc(O)c(NC=O)c1. The van der Waals surface area contributed by atoms with Gasteiger partial charge in [0.15, 0.2) is 0 Å². The second kappa shape index (κ2) is 12.3. The number of aromatic hydroxyl groups is 2. The van der Waals surface area contributed by atoms with E-state index in [0.717, 1.165) is 5.56 Å². The number of phenols is 2. The van der Waals surface area contributed by atoms with Crippen molar-refractivity contribution < 1.29 is 24.9 Å². The molecule has 3 rings (SSSR count). The van der Waals surface area contributed by atoms with Gasteiger partial charge in [0.25, 0.3) is 5.91 Å². The highest BCUT2D eigenvalue weighted by Crippen LogP contribution is 2.32. The van der Waals surface area contributed by atoms with Crippen LogP contribution in [-0.4, -0.2) is 39.7 Å². The van der Waals surface area contributed by atoms with Crippen molar-refractivity contribution in [1.82, 2.24) is 10.6 Å². The maximum absolute atomic E-state index is 12.8. The lowest BCUT2D eigenvalue weighted by Gasteiger charge is -2.28. The fourth-order valence-corrected chi connectivity index (χ4v) is 4.24. The van der Waals surface area contributed by atoms with Crippen molar-refractivity contribution in [1.29, 1.82) is 0 Å². The molecule has 0 aliphatic heterocycles. The largest absolute Gasteiger partial charge is 0.506 e. The molecular weight excluding hydrogens is 517 g/mol. The Balaban J connectivity index is 1.61. The third kappa shape index (κ3) is 7.60. The van der Waals surface area contributed by atoms with Crippen LogP contribution in [0.3, 0.4) is 0 Å². The average Bonchev–Trinajstić information content (AvgIpc) is 2.86. The molecule has 6 N–H and O–H groups in total. The minimum absolute atomic E-state index is 0.0145. The van der Waals surface area contributed by atoms with E-state index >= 15 is 0 Å². The maximum atomic E-state index is 12.8. The summed E-state index contributed by atoms with van der Waals surface area (Å²) in [4.78, 5) is 23.5. The highest BCUT2D eigenvalue weighted by atomic mass is 35.5. The van der Waals surface area contributed by atoms with Crippen molar-refractivity contribution in [2.24, 2.45) is 0 Å². The van der Waals surface area contributed by atoms with Crippen LogP contribution in [0, 0.1) is 0 Å². The average molecular weight is 546 g/mol. The number of phenolic OH excluding ortho intramolecular Hbond substituents is 2. The van der Waals surface area contributed by atoms with Crippen molar-refractivity contribution in [3.8, 4) is 11.5 Å². The minimum Gasteiger partial charge on any atom is -0.506 e. The zero-order valence-electron chi connectivity index (χ0n) is 20.4. The summed E-state index contributed by atoms with van der Waals surface area (Å²) in [6.45, 7) is 4.20. The number of hydrogen-bond donors (Lipinski definition) is 6. The Kier molecular flexibility index (Phi) is 9.39. The molecule has 196 valence electrons. The van der Waals surface area contributed by atoms with E-state index in [1.54, 1.807) is 30.3 Å². The first-order valence-electron chi connectivity index (χ1n) is 11.5. The molecule has 0 radical (unpaired) electrons. The zero-order valence-corrected chi connectivity index (χ0v) is 21.9. The zero-order chi connectivity index (χ0) is 27.2. The first kappa shape index (κ1) is 28.3. The molecule has 0 spiro atoms. The van der Waals surface area contributed by atoms with Crippen LogP contribution in [-0.2, 0) is 17.8 Å². The van der Waals surface area contributed by atoms with Gasteiger partial charge in [-0.25, -0.2) is 0 Å². The van der Waals surface area contributed by atoms with E-state index in [2.05, 4.69) is 16.0 Å². The smallest absolute Gasteiger partial charge is 0.251 e. The summed E-state index contributed by atoms with van der Waals surface area (Å²) in [5.41, 5.74) is 2.02. The number of β-amino-alcohol motifs (C(OH)–C–C–N with tert-alkyl or cyclic N) is 1. The second-order valence-corrected chi connectivity index (χ2v) is 10.0. The number of anilines is 1. The summed E-state index contributed by atoms with van der Waals surface area (Å²) < 4.78 is 0. The molecule has 0 fully saturated rings. The van der Waals surface area contributed by atoms with Crippen molar-refractivity contribution in [3.63, 3.8) is 0 Å². The molecule has 0 aliphatic rings. The summed E-state index contributed by atoms with van der Waals surface area (Å²) in [7, 11) is 0. The molecule has 0 heterocycles. The van der Waals surface area contributed by atoms with Gasteiger partial charge in [0, 0.05) is 34.8 Å². The second-order valence-electron chi connectivity index (χ2n) is 9.24. The lowest BCUT2D eigenvalue weighted by atomic mass is 9.93. The Morgan fingerprint density at radius 3 is 2.51 bits per heavy atom. The van der Waals surface area contributed by atoms with Gasteiger partial charge in [0.2, 0.25) is 6.41 Å². The molecular formula is C27H29Cl2N3O5. The number of hydrogen-bond acceptors (Lipinski definition) is 6. The van der Waals surface area contributed by atoms with Gasteiger partial charge in [-0.05, 0) is 67.8 Å². The number of carbonyl (C=O) groups excluding carboxylic acids is 2. The van der Waals surface area contributed by atoms with E-state index in [1.807, 2.05) is 19.9 Å². The van der Waals surface area contributed by atoms with Gasteiger partial charge in [0.1, 0.15) is 11.5 Å². The minimum atomic E-state index is -0.876. The van der Waals surface area contributed by atoms with Crippen molar-refractivity contribution in [2.75, 3.05) is 11.9 Å². The summed E-state index contributed by atoms with van der Waals surface area (Å²) in [6.07, 6.45) is 0.144. The van der Waals surface area contributed by atoms with Crippen LogP contribution in [0.2, 0.25) is 10.0 Å². The van der Waals surface area contributed by atoms with Gasteiger partial charge < -0.3 is 31.3 Å². The normalized spacial score (nSPS) is 12.1. The Morgan fingerprint density at radius 2 is 1.78 bits per heavy atom. The number of nitrogens with one attached hydrogen (secondary N) is 3. The van der Waals surface area contributed by atoms with E-state index < -0.39 is 11.6 Å². The third-order valence-electron chi connectivity index (χ3n) is 5.83. The number of amides is 2. The van der Waals surface area contributed by atoms with Crippen LogP contribution in [0.1, 0.15) is 47.0 Å². The lowest BCUT2D eigenvalue weighted by Crippen LogP contribution is -2.43. The highest BCUT2D eigenvalue weighted by Gasteiger charge is 2.21. The van der Waals surface area contributed by atoms with Crippen LogP contribution in [0.4, 0.5) is 5.69 Å². The van der Waals surface area contributed by atoms with E-state index in [9.17, 15) is 24.9 Å². The van der Waals surface area contributed by atoms with E-state index in [1.165, 1.54) is 18.2 Å². The van der Waals surface area contributed by atoms with Gasteiger partial charge in [-0.1, -0.05) is 41.4 Å².